The molecule has 0 aromatic carbocycles. The molecule has 3 heteroatoms. The lowest BCUT2D eigenvalue weighted by Gasteiger charge is -2.28. The van der Waals surface area contributed by atoms with Gasteiger partial charge in [0.1, 0.15) is 0 Å². The minimum absolute atomic E-state index is 0.130. The van der Waals surface area contributed by atoms with Crippen molar-refractivity contribution in [1.29, 1.82) is 0 Å². The molecule has 0 aliphatic carbocycles. The average Bonchev–Trinajstić information content (AvgIpc) is 2.03. The fourth-order valence-electron chi connectivity index (χ4n) is 1.07. The molecule has 0 aliphatic rings. The van der Waals surface area contributed by atoms with Gasteiger partial charge in [0.05, 0.1) is 5.41 Å². The number of hydrogen-bond donors (Lipinski definition) is 1. The molecule has 0 saturated heterocycles. The highest BCUT2D eigenvalue weighted by molar-refractivity contribution is 5.74. The minimum atomic E-state index is -0.734. The highest BCUT2D eigenvalue weighted by Gasteiger charge is 2.35. The molecule has 0 radical (unpaired) electrons. The van der Waals surface area contributed by atoms with E-state index in [-0.39, 0.29) is 5.92 Å². The predicted molar refractivity (Wildman–Crippen MR) is 51.7 cm³/mol. The summed E-state index contributed by atoms with van der Waals surface area (Å²) in [5.74, 6) is -0.604. The van der Waals surface area contributed by atoms with Crippen molar-refractivity contribution in [2.75, 3.05) is 13.2 Å². The number of rotatable bonds is 6. The standard InChI is InChI=1S/C10H20O3/c1-5-13-7-6-10(4,8(2)3)9(11)12/h8H,5-7H2,1-4H3,(H,11,12). The zero-order chi connectivity index (χ0) is 10.5. The van der Waals surface area contributed by atoms with Crippen LogP contribution in [0.1, 0.15) is 34.1 Å². The van der Waals surface area contributed by atoms with E-state index in [0.29, 0.717) is 19.6 Å². The largest absolute Gasteiger partial charge is 0.481 e. The van der Waals surface area contributed by atoms with Crippen molar-refractivity contribution >= 4 is 5.97 Å². The summed E-state index contributed by atoms with van der Waals surface area (Å²) in [4.78, 5) is 11.0. The van der Waals surface area contributed by atoms with Gasteiger partial charge in [-0.2, -0.15) is 0 Å². The first-order valence-electron chi connectivity index (χ1n) is 4.76. The molecule has 78 valence electrons. The molecule has 13 heavy (non-hydrogen) atoms. The molecule has 1 atom stereocenters. The molecule has 0 amide bonds. The molecule has 0 aromatic heterocycles. The van der Waals surface area contributed by atoms with E-state index in [2.05, 4.69) is 0 Å². The zero-order valence-corrected chi connectivity index (χ0v) is 8.96. The molecular formula is C10H20O3. The Balaban J connectivity index is 4.17. The molecule has 0 saturated carbocycles. The smallest absolute Gasteiger partial charge is 0.309 e. The molecular weight excluding hydrogens is 168 g/mol. The number of carboxylic acid groups (broad SMARTS) is 1. The number of carboxylic acids is 1. The molecule has 0 aliphatic heterocycles. The van der Waals surface area contributed by atoms with E-state index >= 15 is 0 Å². The van der Waals surface area contributed by atoms with Gasteiger partial charge in [0, 0.05) is 13.2 Å². The number of carbonyl (C=O) groups is 1. The first kappa shape index (κ1) is 12.4. The Hall–Kier alpha value is -0.570. The summed E-state index contributed by atoms with van der Waals surface area (Å²) in [5, 5.41) is 9.05. The third-order valence-corrected chi connectivity index (χ3v) is 2.73. The lowest BCUT2D eigenvalue weighted by molar-refractivity contribution is -0.152. The first-order valence-corrected chi connectivity index (χ1v) is 4.76. The maximum absolute atomic E-state index is 11.0. The van der Waals surface area contributed by atoms with Crippen LogP contribution in [0.5, 0.6) is 0 Å². The first-order chi connectivity index (χ1) is 5.95. The Morgan fingerprint density at radius 3 is 2.38 bits per heavy atom. The van der Waals surface area contributed by atoms with Crippen molar-refractivity contribution in [1.82, 2.24) is 0 Å². The van der Waals surface area contributed by atoms with Crippen LogP contribution in [-0.2, 0) is 9.53 Å². The van der Waals surface area contributed by atoms with Crippen LogP contribution < -0.4 is 0 Å². The lowest BCUT2D eigenvalue weighted by Crippen LogP contribution is -2.34. The van der Waals surface area contributed by atoms with E-state index in [1.54, 1.807) is 6.92 Å². The van der Waals surface area contributed by atoms with Crippen LogP contribution in [0.2, 0.25) is 0 Å². The molecule has 0 fully saturated rings. The summed E-state index contributed by atoms with van der Waals surface area (Å²) < 4.78 is 5.17. The van der Waals surface area contributed by atoms with Crippen molar-refractivity contribution < 1.29 is 14.6 Å². The summed E-state index contributed by atoms with van der Waals surface area (Å²) in [6.07, 6.45) is 0.577. The van der Waals surface area contributed by atoms with Crippen molar-refractivity contribution in [3.05, 3.63) is 0 Å². The van der Waals surface area contributed by atoms with Gasteiger partial charge in [0.2, 0.25) is 0 Å². The van der Waals surface area contributed by atoms with Gasteiger partial charge in [-0.05, 0) is 26.2 Å². The number of hydrogen-bond acceptors (Lipinski definition) is 2. The molecule has 1 N–H and O–H groups in total. The molecule has 0 spiro atoms. The van der Waals surface area contributed by atoms with Crippen molar-refractivity contribution in [2.45, 2.75) is 34.1 Å². The maximum Gasteiger partial charge on any atom is 0.309 e. The van der Waals surface area contributed by atoms with Gasteiger partial charge in [-0.3, -0.25) is 4.79 Å². The van der Waals surface area contributed by atoms with Gasteiger partial charge < -0.3 is 9.84 Å². The highest BCUT2D eigenvalue weighted by atomic mass is 16.5. The maximum atomic E-state index is 11.0. The Bertz CT molecular complexity index is 166. The van der Waals surface area contributed by atoms with Gasteiger partial charge >= 0.3 is 5.97 Å². The lowest BCUT2D eigenvalue weighted by atomic mass is 9.77. The van der Waals surface area contributed by atoms with Crippen LogP contribution in [0, 0.1) is 11.3 Å². The van der Waals surface area contributed by atoms with E-state index in [4.69, 9.17) is 9.84 Å². The van der Waals surface area contributed by atoms with Crippen molar-refractivity contribution in [3.63, 3.8) is 0 Å². The summed E-state index contributed by atoms with van der Waals surface area (Å²) >= 11 is 0. The zero-order valence-electron chi connectivity index (χ0n) is 8.96. The van der Waals surface area contributed by atoms with E-state index in [0.717, 1.165) is 0 Å². The summed E-state index contributed by atoms with van der Waals surface area (Å²) in [6, 6.07) is 0. The average molecular weight is 188 g/mol. The summed E-state index contributed by atoms with van der Waals surface area (Å²) in [6.45, 7) is 8.72. The Kier molecular flexibility index (Phi) is 4.99. The third kappa shape index (κ3) is 3.35. The van der Waals surface area contributed by atoms with Gasteiger partial charge in [0.15, 0.2) is 0 Å². The molecule has 1 unspecified atom stereocenters. The van der Waals surface area contributed by atoms with E-state index < -0.39 is 11.4 Å². The fourth-order valence-corrected chi connectivity index (χ4v) is 1.07. The summed E-state index contributed by atoms with van der Waals surface area (Å²) in [5.41, 5.74) is -0.658. The second-order valence-corrected chi connectivity index (χ2v) is 3.82. The van der Waals surface area contributed by atoms with Crippen LogP contribution in [0.4, 0.5) is 0 Å². The SMILES string of the molecule is CCOCCC(C)(C(=O)O)C(C)C. The molecule has 0 heterocycles. The topological polar surface area (TPSA) is 46.5 Å². The molecule has 0 bridgehead atoms. The Labute approximate surface area is 80.1 Å². The van der Waals surface area contributed by atoms with E-state index in [1.807, 2.05) is 20.8 Å². The van der Waals surface area contributed by atoms with Crippen molar-refractivity contribution in [2.24, 2.45) is 11.3 Å². The highest BCUT2D eigenvalue weighted by Crippen LogP contribution is 2.31. The minimum Gasteiger partial charge on any atom is -0.481 e. The van der Waals surface area contributed by atoms with E-state index in [1.165, 1.54) is 0 Å². The monoisotopic (exact) mass is 188 g/mol. The number of ether oxygens (including phenoxy) is 1. The van der Waals surface area contributed by atoms with Crippen molar-refractivity contribution in [3.8, 4) is 0 Å². The van der Waals surface area contributed by atoms with Gasteiger partial charge in [0.25, 0.3) is 0 Å². The molecule has 0 aromatic rings. The van der Waals surface area contributed by atoms with E-state index in [9.17, 15) is 4.79 Å². The van der Waals surface area contributed by atoms with Crippen LogP contribution in [0.3, 0.4) is 0 Å². The van der Waals surface area contributed by atoms with Crippen LogP contribution >= 0.6 is 0 Å². The molecule has 0 rings (SSSR count). The fraction of sp³-hybridized carbons (Fsp3) is 0.900. The predicted octanol–water partition coefficient (Wildman–Crippen LogP) is 2.16. The Morgan fingerprint density at radius 2 is 2.08 bits per heavy atom. The van der Waals surface area contributed by atoms with Crippen LogP contribution in [0.25, 0.3) is 0 Å². The normalized spacial score (nSPS) is 15.8. The summed E-state index contributed by atoms with van der Waals surface area (Å²) in [7, 11) is 0. The van der Waals surface area contributed by atoms with Gasteiger partial charge in [-0.15, -0.1) is 0 Å². The second-order valence-electron chi connectivity index (χ2n) is 3.82. The molecule has 3 nitrogen and oxygen atoms in total. The second kappa shape index (κ2) is 5.22. The quantitative estimate of drug-likeness (QED) is 0.650. The van der Waals surface area contributed by atoms with Gasteiger partial charge in [-0.1, -0.05) is 13.8 Å². The number of aliphatic carboxylic acids is 1. The third-order valence-electron chi connectivity index (χ3n) is 2.73. The van der Waals surface area contributed by atoms with Crippen LogP contribution in [0.15, 0.2) is 0 Å². The van der Waals surface area contributed by atoms with Gasteiger partial charge in [-0.25, -0.2) is 0 Å². The van der Waals surface area contributed by atoms with Crippen LogP contribution in [-0.4, -0.2) is 24.3 Å². The Morgan fingerprint density at radius 1 is 1.54 bits per heavy atom.